The molecule has 7 heteroatoms. The molecule has 1 heterocycles. The van der Waals surface area contributed by atoms with Gasteiger partial charge in [-0.3, -0.25) is 0 Å². The van der Waals surface area contributed by atoms with Crippen molar-refractivity contribution in [2.24, 2.45) is 0 Å². The van der Waals surface area contributed by atoms with Crippen molar-refractivity contribution in [3.63, 3.8) is 0 Å². The number of rotatable bonds is 3. The Balaban J connectivity index is 2.66. The van der Waals surface area contributed by atoms with Crippen molar-refractivity contribution in [2.75, 3.05) is 6.61 Å². The van der Waals surface area contributed by atoms with Crippen molar-refractivity contribution in [1.29, 1.82) is 0 Å². The molecule has 0 aromatic carbocycles. The van der Waals surface area contributed by atoms with Gasteiger partial charge in [0.2, 0.25) is 0 Å². The number of hydrogen-bond donors (Lipinski definition) is 4. The number of ether oxygens (including phenoxy) is 2. The van der Waals surface area contributed by atoms with Gasteiger partial charge in [-0.1, -0.05) is 12.7 Å². The second-order valence-corrected chi connectivity index (χ2v) is 3.34. The third-order valence-corrected chi connectivity index (χ3v) is 2.16. The van der Waals surface area contributed by atoms with Crippen molar-refractivity contribution >= 4 is 5.97 Å². The minimum atomic E-state index is -1.75. The quantitative estimate of drug-likeness (QED) is 0.315. The first-order valence-corrected chi connectivity index (χ1v) is 4.64. The van der Waals surface area contributed by atoms with E-state index in [9.17, 15) is 15.0 Å². The first-order valence-electron chi connectivity index (χ1n) is 4.64. The maximum atomic E-state index is 11.3. The van der Waals surface area contributed by atoms with Crippen LogP contribution in [0.2, 0.25) is 0 Å². The van der Waals surface area contributed by atoms with E-state index in [1.54, 1.807) is 0 Å². The predicted octanol–water partition coefficient (Wildman–Crippen LogP) is -2.48. The summed E-state index contributed by atoms with van der Waals surface area (Å²) in [6, 6.07) is 0. The molecule has 5 atom stereocenters. The van der Waals surface area contributed by atoms with Crippen LogP contribution in [0.15, 0.2) is 12.7 Å². The molecule has 1 saturated heterocycles. The van der Waals surface area contributed by atoms with Crippen LogP contribution < -0.4 is 0 Å². The van der Waals surface area contributed by atoms with Gasteiger partial charge in [0.1, 0.15) is 24.9 Å². The Kier molecular flexibility index (Phi) is 4.39. The molecule has 0 saturated carbocycles. The van der Waals surface area contributed by atoms with E-state index in [1.807, 2.05) is 0 Å². The van der Waals surface area contributed by atoms with Crippen LogP contribution >= 0.6 is 0 Å². The van der Waals surface area contributed by atoms with E-state index in [2.05, 4.69) is 16.1 Å². The highest BCUT2D eigenvalue weighted by Gasteiger charge is 2.46. The highest BCUT2D eigenvalue weighted by Crippen LogP contribution is 2.20. The maximum absolute atomic E-state index is 11.3. The fourth-order valence-electron chi connectivity index (χ4n) is 1.28. The molecule has 4 N–H and O–H groups in total. The molecule has 1 aliphatic heterocycles. The van der Waals surface area contributed by atoms with Gasteiger partial charge < -0.3 is 29.9 Å². The van der Waals surface area contributed by atoms with Gasteiger partial charge in [-0.15, -0.1) is 0 Å². The summed E-state index contributed by atoms with van der Waals surface area (Å²) in [5.74, 6) is -0.947. The molecular weight excluding hydrogens is 220 g/mol. The van der Waals surface area contributed by atoms with Crippen molar-refractivity contribution < 1.29 is 34.7 Å². The topological polar surface area (TPSA) is 116 Å². The number of hydrogen-bond acceptors (Lipinski definition) is 7. The minimum absolute atomic E-state index is 0.0832. The van der Waals surface area contributed by atoms with E-state index in [0.717, 1.165) is 0 Å². The number of esters is 1. The first-order chi connectivity index (χ1) is 7.49. The highest BCUT2D eigenvalue weighted by molar-refractivity contribution is 5.75. The summed E-state index contributed by atoms with van der Waals surface area (Å²) in [4.78, 5) is 11.3. The van der Waals surface area contributed by atoms with Crippen LogP contribution in [0, 0.1) is 0 Å². The smallest absolute Gasteiger partial charge is 0.338 e. The van der Waals surface area contributed by atoms with Gasteiger partial charge in [-0.05, 0) is 0 Å². The molecule has 0 amide bonds. The second-order valence-electron chi connectivity index (χ2n) is 3.34. The summed E-state index contributed by atoms with van der Waals surface area (Å²) in [7, 11) is 0. The zero-order valence-corrected chi connectivity index (χ0v) is 8.39. The summed E-state index contributed by atoms with van der Waals surface area (Å²) in [6.45, 7) is 3.24. The standard InChI is InChI=1S/C9H14O7/c1-2-3-15-9(14)7-5(11)4(10)6(12)8(13)16-7/h2,4-8,10-13H,1,3H2/t4-,5-,6+,7+,8?/m1/s1. The Morgan fingerprint density at radius 1 is 1.25 bits per heavy atom. The van der Waals surface area contributed by atoms with Gasteiger partial charge in [0.05, 0.1) is 0 Å². The van der Waals surface area contributed by atoms with Gasteiger partial charge in [0, 0.05) is 0 Å². The van der Waals surface area contributed by atoms with E-state index >= 15 is 0 Å². The normalized spacial score (nSPS) is 39.1. The zero-order valence-electron chi connectivity index (χ0n) is 8.39. The molecule has 0 spiro atoms. The highest BCUT2D eigenvalue weighted by atomic mass is 16.7. The Bertz CT molecular complexity index is 267. The summed E-state index contributed by atoms with van der Waals surface area (Å²) in [6.07, 6.45) is -6.97. The lowest BCUT2D eigenvalue weighted by Crippen LogP contribution is -2.59. The van der Waals surface area contributed by atoms with Gasteiger partial charge in [0.25, 0.3) is 0 Å². The molecule has 0 aliphatic carbocycles. The zero-order chi connectivity index (χ0) is 12.3. The van der Waals surface area contributed by atoms with E-state index < -0.39 is 36.7 Å². The summed E-state index contributed by atoms with van der Waals surface area (Å²) in [5, 5.41) is 37.0. The van der Waals surface area contributed by atoms with Crippen LogP contribution in [0.5, 0.6) is 0 Å². The molecule has 0 bridgehead atoms. The first kappa shape index (κ1) is 13.1. The second kappa shape index (κ2) is 5.37. The average Bonchev–Trinajstić information content (AvgIpc) is 2.28. The van der Waals surface area contributed by atoms with E-state index in [-0.39, 0.29) is 6.61 Å². The van der Waals surface area contributed by atoms with Crippen LogP contribution in [0.3, 0.4) is 0 Å². The lowest BCUT2D eigenvalue weighted by atomic mass is 9.99. The summed E-state index contributed by atoms with van der Waals surface area (Å²) < 4.78 is 9.21. The fourth-order valence-corrected chi connectivity index (χ4v) is 1.28. The van der Waals surface area contributed by atoms with E-state index in [0.29, 0.717) is 0 Å². The molecule has 0 radical (unpaired) electrons. The maximum Gasteiger partial charge on any atom is 0.338 e. The lowest BCUT2D eigenvalue weighted by Gasteiger charge is -2.36. The van der Waals surface area contributed by atoms with Gasteiger partial charge in [-0.2, -0.15) is 0 Å². The largest absolute Gasteiger partial charge is 0.459 e. The molecule has 92 valence electrons. The third kappa shape index (κ3) is 2.57. The molecule has 0 aromatic heterocycles. The van der Waals surface area contributed by atoms with Crippen LogP contribution in [0.25, 0.3) is 0 Å². The van der Waals surface area contributed by atoms with Gasteiger partial charge >= 0.3 is 5.97 Å². The lowest BCUT2D eigenvalue weighted by molar-refractivity contribution is -0.280. The molecular formula is C9H14O7. The van der Waals surface area contributed by atoms with Crippen LogP contribution in [0.1, 0.15) is 0 Å². The van der Waals surface area contributed by atoms with Crippen molar-refractivity contribution in [3.8, 4) is 0 Å². The molecule has 0 aromatic rings. The van der Waals surface area contributed by atoms with Gasteiger partial charge in [0.15, 0.2) is 12.4 Å². The van der Waals surface area contributed by atoms with E-state index in [4.69, 9.17) is 10.2 Å². The Labute approximate surface area is 91.5 Å². The molecule has 1 aliphatic rings. The molecule has 1 fully saturated rings. The Morgan fingerprint density at radius 3 is 2.44 bits per heavy atom. The van der Waals surface area contributed by atoms with Crippen molar-refractivity contribution in [1.82, 2.24) is 0 Å². The van der Waals surface area contributed by atoms with Gasteiger partial charge in [-0.25, -0.2) is 4.79 Å². The molecule has 16 heavy (non-hydrogen) atoms. The SMILES string of the molecule is C=CCOC(=O)[C@H]1OC(O)[C@@H](O)[C@H](O)[C@H]1O. The molecule has 1 rings (SSSR count). The number of carbonyl (C=O) groups excluding carboxylic acids is 1. The third-order valence-electron chi connectivity index (χ3n) is 2.16. The Hall–Kier alpha value is -0.990. The van der Waals surface area contributed by atoms with Crippen LogP contribution in [0.4, 0.5) is 0 Å². The number of aliphatic hydroxyl groups is 4. The monoisotopic (exact) mass is 234 g/mol. The van der Waals surface area contributed by atoms with E-state index in [1.165, 1.54) is 6.08 Å². The number of carbonyl (C=O) groups is 1. The predicted molar refractivity (Wildman–Crippen MR) is 50.1 cm³/mol. The fraction of sp³-hybridized carbons (Fsp3) is 0.667. The van der Waals surface area contributed by atoms with Crippen LogP contribution in [-0.2, 0) is 14.3 Å². The summed E-state index contributed by atoms with van der Waals surface area (Å²) in [5.41, 5.74) is 0. The van der Waals surface area contributed by atoms with Crippen molar-refractivity contribution in [2.45, 2.75) is 30.7 Å². The molecule has 1 unspecified atom stereocenters. The minimum Gasteiger partial charge on any atom is -0.459 e. The molecule has 7 nitrogen and oxygen atoms in total. The van der Waals surface area contributed by atoms with Crippen LogP contribution in [-0.4, -0.2) is 63.7 Å². The number of aliphatic hydroxyl groups excluding tert-OH is 4. The van der Waals surface area contributed by atoms with Crippen molar-refractivity contribution in [3.05, 3.63) is 12.7 Å². The average molecular weight is 234 g/mol. The summed E-state index contributed by atoms with van der Waals surface area (Å²) >= 11 is 0. The Morgan fingerprint density at radius 2 is 1.88 bits per heavy atom.